The first-order chi connectivity index (χ1) is 14.0. The summed E-state index contributed by atoms with van der Waals surface area (Å²) in [5.74, 6) is 0.590. The highest BCUT2D eigenvalue weighted by atomic mass is 35.5. The van der Waals surface area contributed by atoms with E-state index in [0.29, 0.717) is 40.7 Å². The first-order valence-corrected chi connectivity index (χ1v) is 9.56. The average Bonchev–Trinajstić information content (AvgIpc) is 2.73. The summed E-state index contributed by atoms with van der Waals surface area (Å²) < 4.78 is 5.75. The van der Waals surface area contributed by atoms with Crippen molar-refractivity contribution in [2.24, 2.45) is 5.73 Å². The van der Waals surface area contributed by atoms with Gasteiger partial charge in [-0.25, -0.2) is 0 Å². The zero-order chi connectivity index (χ0) is 20.8. The second-order valence-corrected chi connectivity index (χ2v) is 6.83. The van der Waals surface area contributed by atoms with Gasteiger partial charge in [0.2, 0.25) is 5.91 Å². The Hall–Kier alpha value is -3.31. The minimum Gasteiger partial charge on any atom is -0.457 e. The second-order valence-electron chi connectivity index (χ2n) is 6.43. The van der Waals surface area contributed by atoms with E-state index in [1.54, 1.807) is 53.4 Å². The molecular formula is C23H21ClN2O3. The standard InChI is InChI=1S/C23H21ClN2O3/c1-2-26(15-18-5-3-4-6-21(18)24)23(28)17-9-13-20(14-10-17)29-19-11-7-16(8-12-19)22(25)27/h3-14H,2,15H2,1H3,(H2,25,27). The van der Waals surface area contributed by atoms with Crippen LogP contribution in [0.2, 0.25) is 5.02 Å². The molecule has 0 bridgehead atoms. The number of hydrogen-bond acceptors (Lipinski definition) is 3. The van der Waals surface area contributed by atoms with Crippen molar-refractivity contribution >= 4 is 23.4 Å². The lowest BCUT2D eigenvalue weighted by Crippen LogP contribution is -2.30. The van der Waals surface area contributed by atoms with Gasteiger partial charge in [0, 0.05) is 29.2 Å². The highest BCUT2D eigenvalue weighted by Gasteiger charge is 2.16. The molecule has 2 amide bonds. The van der Waals surface area contributed by atoms with Crippen LogP contribution in [0.3, 0.4) is 0 Å². The summed E-state index contributed by atoms with van der Waals surface area (Å²) >= 11 is 6.22. The fourth-order valence-corrected chi connectivity index (χ4v) is 3.03. The van der Waals surface area contributed by atoms with E-state index in [-0.39, 0.29) is 5.91 Å². The number of amides is 2. The molecule has 0 saturated heterocycles. The topological polar surface area (TPSA) is 72.6 Å². The molecule has 0 fully saturated rings. The Labute approximate surface area is 174 Å². The fourth-order valence-electron chi connectivity index (χ4n) is 2.83. The van der Waals surface area contributed by atoms with E-state index in [1.165, 1.54) is 0 Å². The number of carbonyl (C=O) groups is 2. The lowest BCUT2D eigenvalue weighted by atomic mass is 10.1. The predicted molar refractivity (Wildman–Crippen MR) is 113 cm³/mol. The number of nitrogens with zero attached hydrogens (tertiary/aromatic N) is 1. The van der Waals surface area contributed by atoms with Gasteiger partial charge in [0.25, 0.3) is 5.91 Å². The molecule has 0 unspecified atom stereocenters. The summed E-state index contributed by atoms with van der Waals surface area (Å²) in [6.07, 6.45) is 0. The van der Waals surface area contributed by atoms with Crippen LogP contribution in [0.4, 0.5) is 0 Å². The average molecular weight is 409 g/mol. The summed E-state index contributed by atoms with van der Waals surface area (Å²) in [5.41, 5.74) is 7.12. The first-order valence-electron chi connectivity index (χ1n) is 9.18. The third-order valence-corrected chi connectivity index (χ3v) is 4.83. The van der Waals surface area contributed by atoms with E-state index >= 15 is 0 Å². The zero-order valence-corrected chi connectivity index (χ0v) is 16.7. The lowest BCUT2D eigenvalue weighted by molar-refractivity contribution is 0.0752. The maximum atomic E-state index is 12.9. The van der Waals surface area contributed by atoms with Crippen molar-refractivity contribution in [2.75, 3.05) is 6.54 Å². The molecule has 3 aromatic rings. The monoisotopic (exact) mass is 408 g/mol. The third-order valence-electron chi connectivity index (χ3n) is 4.46. The van der Waals surface area contributed by atoms with Crippen molar-refractivity contribution in [1.29, 1.82) is 0 Å². The summed E-state index contributed by atoms with van der Waals surface area (Å²) in [6, 6.07) is 21.0. The van der Waals surface area contributed by atoms with Crippen LogP contribution in [0.5, 0.6) is 11.5 Å². The number of halogens is 1. The Bertz CT molecular complexity index is 1000. The molecule has 5 nitrogen and oxygen atoms in total. The largest absolute Gasteiger partial charge is 0.457 e. The van der Waals surface area contributed by atoms with Gasteiger partial charge in [-0.15, -0.1) is 0 Å². The summed E-state index contributed by atoms with van der Waals surface area (Å²) in [7, 11) is 0. The minimum atomic E-state index is -0.489. The number of hydrogen-bond donors (Lipinski definition) is 1. The molecule has 0 aliphatic rings. The molecule has 148 valence electrons. The van der Waals surface area contributed by atoms with Gasteiger partial charge < -0.3 is 15.4 Å². The molecule has 0 saturated carbocycles. The van der Waals surface area contributed by atoms with E-state index in [2.05, 4.69) is 0 Å². The highest BCUT2D eigenvalue weighted by molar-refractivity contribution is 6.31. The SMILES string of the molecule is CCN(Cc1ccccc1Cl)C(=O)c1ccc(Oc2ccc(C(N)=O)cc2)cc1. The van der Waals surface area contributed by atoms with Gasteiger partial charge in [-0.2, -0.15) is 0 Å². The number of ether oxygens (including phenoxy) is 1. The van der Waals surface area contributed by atoms with Crippen LogP contribution in [0.15, 0.2) is 72.8 Å². The van der Waals surface area contributed by atoms with Gasteiger partial charge in [-0.1, -0.05) is 29.8 Å². The van der Waals surface area contributed by atoms with Crippen molar-refractivity contribution in [3.63, 3.8) is 0 Å². The number of nitrogens with two attached hydrogens (primary N) is 1. The minimum absolute atomic E-state index is 0.0789. The normalized spacial score (nSPS) is 10.4. The van der Waals surface area contributed by atoms with Gasteiger partial charge in [0.15, 0.2) is 0 Å². The summed E-state index contributed by atoms with van der Waals surface area (Å²) in [6.45, 7) is 2.94. The van der Waals surface area contributed by atoms with E-state index < -0.39 is 5.91 Å². The maximum Gasteiger partial charge on any atom is 0.254 e. The molecule has 0 radical (unpaired) electrons. The second kappa shape index (κ2) is 9.26. The molecule has 0 aliphatic carbocycles. The third kappa shape index (κ3) is 5.15. The molecule has 29 heavy (non-hydrogen) atoms. The number of benzene rings is 3. The van der Waals surface area contributed by atoms with Gasteiger partial charge in [0.1, 0.15) is 11.5 Å². The Morgan fingerprint density at radius 1 is 0.897 bits per heavy atom. The van der Waals surface area contributed by atoms with Gasteiger partial charge in [0.05, 0.1) is 0 Å². The van der Waals surface area contributed by atoms with Gasteiger partial charge in [-0.05, 0) is 67.1 Å². The molecule has 3 rings (SSSR count). The molecule has 6 heteroatoms. The zero-order valence-electron chi connectivity index (χ0n) is 16.0. The van der Waals surface area contributed by atoms with E-state index in [0.717, 1.165) is 5.56 Å². The molecule has 0 spiro atoms. The lowest BCUT2D eigenvalue weighted by Gasteiger charge is -2.21. The number of rotatable bonds is 7. The van der Waals surface area contributed by atoms with E-state index in [4.69, 9.17) is 22.1 Å². The Kier molecular flexibility index (Phi) is 6.52. The Morgan fingerprint density at radius 2 is 1.45 bits per heavy atom. The van der Waals surface area contributed by atoms with Crippen LogP contribution in [-0.4, -0.2) is 23.3 Å². The number of carbonyl (C=O) groups excluding carboxylic acids is 2. The van der Waals surface area contributed by atoms with Crippen LogP contribution in [0.1, 0.15) is 33.2 Å². The summed E-state index contributed by atoms with van der Waals surface area (Å²) in [4.78, 5) is 25.7. The van der Waals surface area contributed by atoms with E-state index in [9.17, 15) is 9.59 Å². The van der Waals surface area contributed by atoms with Gasteiger partial charge in [-0.3, -0.25) is 9.59 Å². The molecule has 0 atom stereocenters. The van der Waals surface area contributed by atoms with Crippen molar-refractivity contribution in [3.8, 4) is 11.5 Å². The van der Waals surface area contributed by atoms with Crippen molar-refractivity contribution in [3.05, 3.63) is 94.5 Å². The highest BCUT2D eigenvalue weighted by Crippen LogP contribution is 2.23. The smallest absolute Gasteiger partial charge is 0.254 e. The summed E-state index contributed by atoms with van der Waals surface area (Å²) in [5, 5.41) is 0.643. The molecule has 0 heterocycles. The van der Waals surface area contributed by atoms with Crippen LogP contribution in [0, 0.1) is 0 Å². The fraction of sp³-hybridized carbons (Fsp3) is 0.130. The van der Waals surface area contributed by atoms with Crippen LogP contribution < -0.4 is 10.5 Å². The molecule has 0 aromatic heterocycles. The van der Waals surface area contributed by atoms with Crippen molar-refractivity contribution in [2.45, 2.75) is 13.5 Å². The van der Waals surface area contributed by atoms with Crippen LogP contribution in [0.25, 0.3) is 0 Å². The molecular weight excluding hydrogens is 388 g/mol. The predicted octanol–water partition coefficient (Wildman–Crippen LogP) is 4.89. The first kappa shape index (κ1) is 20.4. The number of primary amides is 1. The molecule has 3 aromatic carbocycles. The van der Waals surface area contributed by atoms with Crippen LogP contribution >= 0.6 is 11.6 Å². The van der Waals surface area contributed by atoms with Crippen molar-refractivity contribution < 1.29 is 14.3 Å². The Morgan fingerprint density at radius 3 is 1.97 bits per heavy atom. The molecule has 0 aliphatic heterocycles. The Balaban J connectivity index is 1.68. The van der Waals surface area contributed by atoms with Gasteiger partial charge >= 0.3 is 0 Å². The van der Waals surface area contributed by atoms with E-state index in [1.807, 2.05) is 31.2 Å². The maximum absolute atomic E-state index is 12.9. The molecule has 2 N–H and O–H groups in total. The quantitative estimate of drug-likeness (QED) is 0.604. The van der Waals surface area contributed by atoms with Crippen LogP contribution in [-0.2, 0) is 6.54 Å². The van der Waals surface area contributed by atoms with Crippen molar-refractivity contribution in [1.82, 2.24) is 4.90 Å².